The van der Waals surface area contributed by atoms with E-state index in [1.54, 1.807) is 0 Å². The van der Waals surface area contributed by atoms with E-state index in [4.69, 9.17) is 0 Å². The molecule has 0 fully saturated rings. The van der Waals surface area contributed by atoms with Crippen LogP contribution in [0.3, 0.4) is 0 Å². The Kier molecular flexibility index (Phi) is 5.82. The minimum absolute atomic E-state index is 0.243. The summed E-state index contributed by atoms with van der Waals surface area (Å²) in [5, 5.41) is 3.58. The van der Waals surface area contributed by atoms with Crippen LogP contribution in [0.2, 0.25) is 0 Å². The molecule has 114 valence electrons. The second-order valence-electron chi connectivity index (χ2n) is 8.31. The molecule has 0 atom stereocenters. The minimum Gasteiger partial charge on any atom is -0.316 e. The third-order valence-electron chi connectivity index (χ3n) is 3.66. The number of nitrogens with one attached hydrogen (secondary N) is 1. The van der Waals surface area contributed by atoms with Crippen molar-refractivity contribution in [3.05, 3.63) is 35.4 Å². The third-order valence-corrected chi connectivity index (χ3v) is 3.66. The molecule has 0 aliphatic rings. The van der Waals surface area contributed by atoms with Crippen LogP contribution in [0.4, 0.5) is 0 Å². The molecule has 1 N–H and O–H groups in total. The van der Waals surface area contributed by atoms with Crippen LogP contribution in [0, 0.1) is 11.3 Å². The third kappa shape index (κ3) is 6.09. The molecule has 0 aliphatic carbocycles. The van der Waals surface area contributed by atoms with Crippen LogP contribution in [-0.4, -0.2) is 13.1 Å². The highest BCUT2D eigenvalue weighted by atomic mass is 14.9. The fraction of sp³-hybridized carbons (Fsp3) is 0.684. The Morgan fingerprint density at radius 1 is 0.950 bits per heavy atom. The first-order chi connectivity index (χ1) is 9.10. The van der Waals surface area contributed by atoms with Crippen molar-refractivity contribution in [3.63, 3.8) is 0 Å². The largest absolute Gasteiger partial charge is 0.316 e. The first kappa shape index (κ1) is 17.2. The van der Waals surface area contributed by atoms with Crippen molar-refractivity contribution in [3.8, 4) is 0 Å². The number of benzene rings is 1. The summed E-state index contributed by atoms with van der Waals surface area (Å²) in [6.45, 7) is 18.2. The van der Waals surface area contributed by atoms with E-state index in [-0.39, 0.29) is 5.41 Å². The van der Waals surface area contributed by atoms with Gasteiger partial charge in [0.15, 0.2) is 0 Å². The monoisotopic (exact) mass is 275 g/mol. The molecule has 0 amide bonds. The van der Waals surface area contributed by atoms with E-state index in [0.717, 1.165) is 25.4 Å². The maximum atomic E-state index is 3.58. The fourth-order valence-corrected chi connectivity index (χ4v) is 2.44. The van der Waals surface area contributed by atoms with Crippen molar-refractivity contribution in [2.75, 3.05) is 13.1 Å². The van der Waals surface area contributed by atoms with Crippen LogP contribution < -0.4 is 5.32 Å². The number of hydrogen-bond acceptors (Lipinski definition) is 1. The maximum Gasteiger partial charge on any atom is 0.000581 e. The summed E-state index contributed by atoms with van der Waals surface area (Å²) in [6, 6.07) is 9.16. The summed E-state index contributed by atoms with van der Waals surface area (Å²) < 4.78 is 0. The van der Waals surface area contributed by atoms with Gasteiger partial charge in [0.1, 0.15) is 0 Å². The Labute approximate surface area is 126 Å². The molecule has 0 saturated carbocycles. The Bertz CT molecular complexity index is 393. The van der Waals surface area contributed by atoms with E-state index in [1.165, 1.54) is 11.1 Å². The van der Waals surface area contributed by atoms with Gasteiger partial charge in [-0.15, -0.1) is 0 Å². The summed E-state index contributed by atoms with van der Waals surface area (Å²) >= 11 is 0. The summed E-state index contributed by atoms with van der Waals surface area (Å²) in [5.41, 5.74) is 3.40. The first-order valence-electron chi connectivity index (χ1n) is 7.90. The lowest BCUT2D eigenvalue weighted by molar-refractivity contribution is 0.330. The lowest BCUT2D eigenvalue weighted by Gasteiger charge is -2.26. The standard InChI is InChI=1S/C19H33N/c1-15(2)13-20-14-19(6,7)12-16-8-10-17(11-9-16)18(3,4)5/h8-11,15,20H,12-14H2,1-7H3. The highest BCUT2D eigenvalue weighted by Gasteiger charge is 2.19. The number of rotatable bonds is 6. The van der Waals surface area contributed by atoms with E-state index in [0.29, 0.717) is 5.41 Å². The van der Waals surface area contributed by atoms with Crippen LogP contribution >= 0.6 is 0 Å². The quantitative estimate of drug-likeness (QED) is 0.786. The zero-order chi connectivity index (χ0) is 15.4. The molecule has 1 rings (SSSR count). The molecule has 1 heteroatoms. The topological polar surface area (TPSA) is 12.0 Å². The van der Waals surface area contributed by atoms with Gasteiger partial charge in [0.25, 0.3) is 0 Å². The molecule has 0 bridgehead atoms. The van der Waals surface area contributed by atoms with Crippen LogP contribution in [0.25, 0.3) is 0 Å². The van der Waals surface area contributed by atoms with Crippen molar-refractivity contribution in [2.24, 2.45) is 11.3 Å². The zero-order valence-corrected chi connectivity index (χ0v) is 14.5. The average Bonchev–Trinajstić information content (AvgIpc) is 2.26. The van der Waals surface area contributed by atoms with Crippen LogP contribution in [0.5, 0.6) is 0 Å². The molecule has 0 saturated heterocycles. The molecule has 1 nitrogen and oxygen atoms in total. The van der Waals surface area contributed by atoms with E-state index in [2.05, 4.69) is 78.0 Å². The molecule has 0 unspecified atom stereocenters. The Balaban J connectivity index is 2.59. The Morgan fingerprint density at radius 3 is 1.95 bits per heavy atom. The summed E-state index contributed by atoms with van der Waals surface area (Å²) in [7, 11) is 0. The second kappa shape index (κ2) is 6.76. The average molecular weight is 275 g/mol. The Morgan fingerprint density at radius 2 is 1.50 bits per heavy atom. The van der Waals surface area contributed by atoms with Gasteiger partial charge < -0.3 is 5.32 Å². The van der Waals surface area contributed by atoms with Gasteiger partial charge in [-0.2, -0.15) is 0 Å². The van der Waals surface area contributed by atoms with E-state index < -0.39 is 0 Å². The molecule has 0 aromatic heterocycles. The van der Waals surface area contributed by atoms with Crippen LogP contribution in [0.15, 0.2) is 24.3 Å². The van der Waals surface area contributed by atoms with Gasteiger partial charge in [-0.05, 0) is 40.8 Å². The lowest BCUT2D eigenvalue weighted by Crippen LogP contribution is -2.33. The molecular formula is C19H33N. The minimum atomic E-state index is 0.243. The molecule has 1 aromatic rings. The normalized spacial score (nSPS) is 13.0. The van der Waals surface area contributed by atoms with Gasteiger partial charge in [0.2, 0.25) is 0 Å². The zero-order valence-electron chi connectivity index (χ0n) is 14.5. The highest BCUT2D eigenvalue weighted by molar-refractivity contribution is 5.28. The van der Waals surface area contributed by atoms with Crippen molar-refractivity contribution >= 4 is 0 Å². The summed E-state index contributed by atoms with van der Waals surface area (Å²) in [6.07, 6.45) is 1.13. The molecule has 1 aromatic carbocycles. The van der Waals surface area contributed by atoms with Gasteiger partial charge in [-0.1, -0.05) is 72.7 Å². The fourth-order valence-electron chi connectivity index (χ4n) is 2.44. The lowest BCUT2D eigenvalue weighted by atomic mass is 9.83. The van der Waals surface area contributed by atoms with Crippen molar-refractivity contribution in [2.45, 2.75) is 60.3 Å². The van der Waals surface area contributed by atoms with Gasteiger partial charge >= 0.3 is 0 Å². The molecular weight excluding hydrogens is 242 g/mol. The van der Waals surface area contributed by atoms with Gasteiger partial charge in [-0.3, -0.25) is 0 Å². The van der Waals surface area contributed by atoms with Crippen molar-refractivity contribution in [1.82, 2.24) is 5.32 Å². The van der Waals surface area contributed by atoms with Gasteiger partial charge in [-0.25, -0.2) is 0 Å². The van der Waals surface area contributed by atoms with E-state index in [9.17, 15) is 0 Å². The molecule has 20 heavy (non-hydrogen) atoms. The summed E-state index contributed by atoms with van der Waals surface area (Å²) in [5.74, 6) is 0.719. The predicted molar refractivity (Wildman–Crippen MR) is 90.3 cm³/mol. The van der Waals surface area contributed by atoms with Gasteiger partial charge in [0, 0.05) is 6.54 Å². The summed E-state index contributed by atoms with van der Waals surface area (Å²) in [4.78, 5) is 0. The second-order valence-corrected chi connectivity index (χ2v) is 8.31. The molecule has 0 aliphatic heterocycles. The Hall–Kier alpha value is -0.820. The SMILES string of the molecule is CC(C)CNCC(C)(C)Cc1ccc(C(C)(C)C)cc1. The van der Waals surface area contributed by atoms with Crippen molar-refractivity contribution in [1.29, 1.82) is 0 Å². The van der Waals surface area contributed by atoms with Crippen LogP contribution in [0.1, 0.15) is 59.6 Å². The van der Waals surface area contributed by atoms with E-state index in [1.807, 2.05) is 0 Å². The highest BCUT2D eigenvalue weighted by Crippen LogP contribution is 2.25. The molecule has 0 heterocycles. The first-order valence-corrected chi connectivity index (χ1v) is 7.90. The van der Waals surface area contributed by atoms with Crippen LogP contribution in [-0.2, 0) is 11.8 Å². The maximum absolute atomic E-state index is 3.58. The van der Waals surface area contributed by atoms with Crippen molar-refractivity contribution < 1.29 is 0 Å². The predicted octanol–water partition coefficient (Wildman–Crippen LogP) is 4.80. The smallest absolute Gasteiger partial charge is 0.000581 e. The van der Waals surface area contributed by atoms with Gasteiger partial charge in [0.05, 0.1) is 0 Å². The van der Waals surface area contributed by atoms with E-state index >= 15 is 0 Å². The number of hydrogen-bond donors (Lipinski definition) is 1. The molecule has 0 radical (unpaired) electrons. The molecule has 0 spiro atoms.